The van der Waals surface area contributed by atoms with Crippen LogP contribution in [0.5, 0.6) is 11.5 Å². The summed E-state index contributed by atoms with van der Waals surface area (Å²) in [5.41, 5.74) is 0.702. The van der Waals surface area contributed by atoms with Crippen molar-refractivity contribution in [1.29, 1.82) is 0 Å². The van der Waals surface area contributed by atoms with Crippen molar-refractivity contribution in [3.8, 4) is 11.5 Å². The highest BCUT2D eigenvalue weighted by Gasteiger charge is 2.30. The Morgan fingerprint density at radius 1 is 1.22 bits per heavy atom. The van der Waals surface area contributed by atoms with Crippen molar-refractivity contribution < 1.29 is 23.9 Å². The third kappa shape index (κ3) is 6.20. The molecule has 2 aromatic carbocycles. The van der Waals surface area contributed by atoms with Crippen LogP contribution in [-0.4, -0.2) is 42.3 Å². The Labute approximate surface area is 188 Å². The summed E-state index contributed by atoms with van der Waals surface area (Å²) >= 11 is 0. The maximum absolute atomic E-state index is 12.1. The average Bonchev–Trinajstić information content (AvgIpc) is 2.73. The molecule has 0 aliphatic carbocycles. The van der Waals surface area contributed by atoms with Crippen molar-refractivity contribution in [2.45, 2.75) is 52.2 Å². The second kappa shape index (κ2) is 9.99. The maximum Gasteiger partial charge on any atom is 0.306 e. The Hall–Kier alpha value is -3.13. The van der Waals surface area contributed by atoms with E-state index in [1.165, 1.54) is 6.07 Å². The van der Waals surface area contributed by atoms with Crippen LogP contribution >= 0.6 is 0 Å². The summed E-state index contributed by atoms with van der Waals surface area (Å²) in [5.74, 6) is 0.944. The molecule has 1 heterocycles. The maximum atomic E-state index is 12.1. The molecule has 1 saturated heterocycles. The molecule has 0 spiro atoms. The van der Waals surface area contributed by atoms with Gasteiger partial charge in [0.25, 0.3) is 5.69 Å². The molecule has 1 atom stereocenters. The van der Waals surface area contributed by atoms with E-state index in [9.17, 15) is 14.9 Å². The lowest BCUT2D eigenvalue weighted by atomic mass is 10.1. The van der Waals surface area contributed by atoms with E-state index in [-0.39, 0.29) is 29.1 Å². The predicted molar refractivity (Wildman–Crippen MR) is 121 cm³/mol. The topological polar surface area (TPSA) is 91.1 Å². The number of anilines is 1. The molecule has 3 rings (SSSR count). The van der Waals surface area contributed by atoms with Crippen molar-refractivity contribution in [2.24, 2.45) is 0 Å². The van der Waals surface area contributed by atoms with Gasteiger partial charge in [0, 0.05) is 31.1 Å². The number of carbonyl (C=O) groups is 1. The molecule has 8 nitrogen and oxygen atoms in total. The molecule has 172 valence electrons. The minimum Gasteiger partial charge on any atom is -0.460 e. The number of ether oxygens (including phenoxy) is 3. The zero-order valence-electron chi connectivity index (χ0n) is 19.0. The van der Waals surface area contributed by atoms with E-state index in [4.69, 9.17) is 14.2 Å². The number of esters is 1. The third-order valence-electron chi connectivity index (χ3n) is 5.07. The van der Waals surface area contributed by atoms with E-state index in [2.05, 4.69) is 0 Å². The largest absolute Gasteiger partial charge is 0.460 e. The number of benzene rings is 2. The summed E-state index contributed by atoms with van der Waals surface area (Å²) in [6, 6.07) is 12.4. The molecular weight excluding hydrogens is 412 g/mol. The van der Waals surface area contributed by atoms with E-state index in [0.717, 1.165) is 0 Å². The number of nitro groups is 1. The van der Waals surface area contributed by atoms with E-state index in [1.54, 1.807) is 6.07 Å². The van der Waals surface area contributed by atoms with Gasteiger partial charge in [0.1, 0.15) is 22.8 Å². The number of nitrogens with zero attached hydrogens (tertiary/aromatic N) is 2. The Morgan fingerprint density at radius 3 is 2.59 bits per heavy atom. The number of morpholine rings is 1. The lowest BCUT2D eigenvalue weighted by Gasteiger charge is -2.35. The average molecular weight is 443 g/mol. The summed E-state index contributed by atoms with van der Waals surface area (Å²) in [7, 11) is 0. The number of carbonyl (C=O) groups excluding carboxylic acids is 1. The molecule has 1 aliphatic heterocycles. The number of nitro benzene ring substituents is 1. The minimum absolute atomic E-state index is 0.0238. The predicted octanol–water partition coefficient (Wildman–Crippen LogP) is 5.02. The van der Waals surface area contributed by atoms with Gasteiger partial charge in [-0.1, -0.05) is 18.2 Å². The van der Waals surface area contributed by atoms with Crippen LogP contribution in [0.4, 0.5) is 11.4 Å². The molecule has 0 radical (unpaired) electrons. The van der Waals surface area contributed by atoms with Crippen molar-refractivity contribution >= 4 is 17.3 Å². The molecule has 8 heteroatoms. The minimum atomic E-state index is -0.534. The Bertz CT molecular complexity index is 955. The molecule has 2 aromatic rings. The van der Waals surface area contributed by atoms with Crippen molar-refractivity contribution in [2.75, 3.05) is 24.6 Å². The summed E-state index contributed by atoms with van der Waals surface area (Å²) in [5, 5.41) is 11.8. The van der Waals surface area contributed by atoms with Crippen LogP contribution < -0.4 is 9.64 Å². The molecule has 0 N–H and O–H groups in total. The van der Waals surface area contributed by atoms with Gasteiger partial charge in [-0.05, 0) is 52.3 Å². The van der Waals surface area contributed by atoms with E-state index in [1.807, 2.05) is 62.9 Å². The first-order valence-corrected chi connectivity index (χ1v) is 10.7. The van der Waals surface area contributed by atoms with Gasteiger partial charge in [-0.15, -0.1) is 0 Å². The molecule has 32 heavy (non-hydrogen) atoms. The molecule has 0 bridgehead atoms. The van der Waals surface area contributed by atoms with Gasteiger partial charge in [0.15, 0.2) is 0 Å². The fourth-order valence-corrected chi connectivity index (χ4v) is 3.71. The van der Waals surface area contributed by atoms with E-state index in [0.29, 0.717) is 48.9 Å². The van der Waals surface area contributed by atoms with Crippen LogP contribution in [-0.2, 0) is 14.3 Å². The van der Waals surface area contributed by atoms with Crippen molar-refractivity contribution in [3.63, 3.8) is 0 Å². The van der Waals surface area contributed by atoms with Gasteiger partial charge in [-0.2, -0.15) is 0 Å². The highest BCUT2D eigenvalue weighted by Crippen LogP contribution is 2.39. The standard InChI is InChI=1S/C24H30N2O6/c1-17-21(31-18-8-6-5-7-9-18)12-11-20(26(28)29)23(17)25-14-15-30-19(16-25)10-13-22(27)32-24(2,3)4/h5-9,11-12,19H,10,13-16H2,1-4H3/t19-/m0/s1. The zero-order valence-corrected chi connectivity index (χ0v) is 19.0. The third-order valence-corrected chi connectivity index (χ3v) is 5.07. The smallest absolute Gasteiger partial charge is 0.306 e. The van der Waals surface area contributed by atoms with Crippen molar-refractivity contribution in [3.05, 3.63) is 58.1 Å². The first-order chi connectivity index (χ1) is 15.1. The number of para-hydroxylation sites is 1. The zero-order chi connectivity index (χ0) is 23.3. The van der Waals surface area contributed by atoms with Crippen molar-refractivity contribution in [1.82, 2.24) is 0 Å². The monoisotopic (exact) mass is 442 g/mol. The highest BCUT2D eigenvalue weighted by atomic mass is 16.6. The Balaban J connectivity index is 1.78. The quantitative estimate of drug-likeness (QED) is 0.338. The summed E-state index contributed by atoms with van der Waals surface area (Å²) in [6.45, 7) is 8.69. The van der Waals surface area contributed by atoms with Gasteiger partial charge in [-0.25, -0.2) is 0 Å². The van der Waals surface area contributed by atoms with Crippen LogP contribution in [0.15, 0.2) is 42.5 Å². The lowest BCUT2D eigenvalue weighted by Crippen LogP contribution is -2.43. The van der Waals surface area contributed by atoms with Crippen LogP contribution in [0.3, 0.4) is 0 Å². The molecule has 0 amide bonds. The first kappa shape index (κ1) is 23.5. The molecule has 0 saturated carbocycles. The lowest BCUT2D eigenvalue weighted by molar-refractivity contribution is -0.384. The highest BCUT2D eigenvalue weighted by molar-refractivity contribution is 5.72. The van der Waals surface area contributed by atoms with Gasteiger partial charge < -0.3 is 19.1 Å². The van der Waals surface area contributed by atoms with E-state index < -0.39 is 5.60 Å². The number of hydrogen-bond acceptors (Lipinski definition) is 7. The second-order valence-corrected chi connectivity index (χ2v) is 8.79. The number of rotatable bonds is 7. The fourth-order valence-electron chi connectivity index (χ4n) is 3.71. The molecule has 0 aromatic heterocycles. The normalized spacial score (nSPS) is 16.5. The second-order valence-electron chi connectivity index (χ2n) is 8.79. The first-order valence-electron chi connectivity index (χ1n) is 10.7. The fraction of sp³-hybridized carbons (Fsp3) is 0.458. The summed E-state index contributed by atoms with van der Waals surface area (Å²) < 4.78 is 17.2. The van der Waals surface area contributed by atoms with Crippen LogP contribution in [0.2, 0.25) is 0 Å². The molecule has 1 fully saturated rings. The molecule has 0 unspecified atom stereocenters. The molecular formula is C24H30N2O6. The van der Waals surface area contributed by atoms with Crippen LogP contribution in [0.25, 0.3) is 0 Å². The van der Waals surface area contributed by atoms with Gasteiger partial charge in [0.05, 0.1) is 17.6 Å². The Morgan fingerprint density at radius 2 is 1.94 bits per heavy atom. The van der Waals surface area contributed by atoms with Gasteiger partial charge in [0.2, 0.25) is 0 Å². The van der Waals surface area contributed by atoms with E-state index >= 15 is 0 Å². The van der Waals surface area contributed by atoms with Crippen LogP contribution in [0, 0.1) is 17.0 Å². The molecule has 1 aliphatic rings. The summed E-state index contributed by atoms with van der Waals surface area (Å²) in [4.78, 5) is 25.4. The van der Waals surface area contributed by atoms with Gasteiger partial charge >= 0.3 is 5.97 Å². The summed E-state index contributed by atoms with van der Waals surface area (Å²) in [6.07, 6.45) is 0.487. The van der Waals surface area contributed by atoms with Gasteiger partial charge in [-0.3, -0.25) is 14.9 Å². The SMILES string of the molecule is Cc1c(Oc2ccccc2)ccc([N+](=O)[O-])c1N1CCO[C@@H](CCC(=O)OC(C)(C)C)C1. The number of hydrogen-bond donors (Lipinski definition) is 0. The van der Waals surface area contributed by atoms with Crippen LogP contribution in [0.1, 0.15) is 39.2 Å². The Kier molecular flexibility index (Phi) is 7.35.